The van der Waals surface area contributed by atoms with E-state index >= 15 is 0 Å². The molecule has 0 amide bonds. The maximum absolute atomic E-state index is 6.37. The molecule has 2 aromatic rings. The molecule has 0 unspecified atom stereocenters. The highest BCUT2D eigenvalue weighted by molar-refractivity contribution is 6.33. The lowest BCUT2D eigenvalue weighted by Crippen LogP contribution is -2.25. The minimum atomic E-state index is 0.593. The molecule has 20 heavy (non-hydrogen) atoms. The molecule has 4 rings (SSSR count). The molecule has 4 nitrogen and oxygen atoms in total. The average molecular weight is 289 g/mol. The van der Waals surface area contributed by atoms with Crippen LogP contribution < -0.4 is 5.32 Å². The third-order valence-corrected chi connectivity index (χ3v) is 4.52. The normalized spacial score (nSPS) is 18.5. The van der Waals surface area contributed by atoms with Gasteiger partial charge in [-0.2, -0.15) is 5.10 Å². The highest BCUT2D eigenvalue weighted by atomic mass is 35.5. The van der Waals surface area contributed by atoms with E-state index in [1.54, 1.807) is 11.0 Å². The molecule has 0 aliphatic heterocycles. The van der Waals surface area contributed by atoms with Crippen molar-refractivity contribution in [3.8, 4) is 5.69 Å². The minimum Gasteiger partial charge on any atom is -0.380 e. The molecule has 0 bridgehead atoms. The van der Waals surface area contributed by atoms with Crippen molar-refractivity contribution in [2.45, 2.75) is 31.7 Å². The van der Waals surface area contributed by atoms with Gasteiger partial charge in [-0.3, -0.25) is 0 Å². The zero-order valence-corrected chi connectivity index (χ0v) is 11.9. The number of hydrogen-bond acceptors (Lipinski definition) is 3. The number of benzene rings is 1. The zero-order valence-electron chi connectivity index (χ0n) is 11.2. The Kier molecular flexibility index (Phi) is 2.91. The second-order valence-corrected chi connectivity index (χ2v) is 6.23. The Bertz CT molecular complexity index is 590. The van der Waals surface area contributed by atoms with E-state index in [1.165, 1.54) is 32.0 Å². The van der Waals surface area contributed by atoms with Gasteiger partial charge in [0.15, 0.2) is 0 Å². The molecule has 1 heterocycles. The lowest BCUT2D eigenvalue weighted by atomic mass is 10.1. The van der Waals surface area contributed by atoms with Crippen LogP contribution in [0.4, 0.5) is 5.69 Å². The van der Waals surface area contributed by atoms with E-state index in [9.17, 15) is 0 Å². The summed E-state index contributed by atoms with van der Waals surface area (Å²) in [5.74, 6) is 1.68. The third-order valence-electron chi connectivity index (χ3n) is 4.22. The number of halogens is 1. The molecular weight excluding hydrogens is 272 g/mol. The van der Waals surface area contributed by atoms with Crippen molar-refractivity contribution < 1.29 is 0 Å². The monoisotopic (exact) mass is 288 g/mol. The first-order chi connectivity index (χ1) is 9.83. The number of aromatic nitrogens is 3. The van der Waals surface area contributed by atoms with Crippen LogP contribution in [0, 0.1) is 11.8 Å². The van der Waals surface area contributed by atoms with Gasteiger partial charge in [-0.25, -0.2) is 9.67 Å². The van der Waals surface area contributed by atoms with Crippen molar-refractivity contribution in [1.29, 1.82) is 0 Å². The summed E-state index contributed by atoms with van der Waals surface area (Å²) in [6.45, 7) is 0. The first kappa shape index (κ1) is 12.2. The average Bonchev–Trinajstić information content (AvgIpc) is 3.37. The number of nitrogens with zero attached hydrogens (tertiary/aromatic N) is 3. The van der Waals surface area contributed by atoms with Gasteiger partial charge in [-0.1, -0.05) is 17.7 Å². The lowest BCUT2D eigenvalue weighted by molar-refractivity contribution is 0.567. The second-order valence-electron chi connectivity index (χ2n) is 5.82. The largest absolute Gasteiger partial charge is 0.380 e. The molecule has 2 saturated carbocycles. The predicted octanol–water partition coefficient (Wildman–Crippen LogP) is 3.52. The van der Waals surface area contributed by atoms with Gasteiger partial charge in [0.25, 0.3) is 0 Å². The van der Waals surface area contributed by atoms with Gasteiger partial charge in [0.2, 0.25) is 0 Å². The first-order valence-corrected chi connectivity index (χ1v) is 7.61. The fraction of sp³-hybridized carbons (Fsp3) is 0.467. The van der Waals surface area contributed by atoms with Crippen LogP contribution in [0.2, 0.25) is 5.02 Å². The minimum absolute atomic E-state index is 0.593. The van der Waals surface area contributed by atoms with Crippen molar-refractivity contribution in [2.75, 3.05) is 5.32 Å². The molecule has 2 aliphatic carbocycles. The van der Waals surface area contributed by atoms with Crippen molar-refractivity contribution in [1.82, 2.24) is 14.8 Å². The molecular formula is C15H17ClN4. The molecule has 0 radical (unpaired) electrons. The molecule has 2 aliphatic rings. The highest BCUT2D eigenvalue weighted by Gasteiger charge is 2.41. The first-order valence-electron chi connectivity index (χ1n) is 7.23. The van der Waals surface area contributed by atoms with Crippen LogP contribution >= 0.6 is 11.6 Å². The maximum atomic E-state index is 6.37. The second kappa shape index (κ2) is 4.77. The summed E-state index contributed by atoms with van der Waals surface area (Å²) in [7, 11) is 0. The van der Waals surface area contributed by atoms with Crippen molar-refractivity contribution >= 4 is 17.3 Å². The summed E-state index contributed by atoms with van der Waals surface area (Å²) < 4.78 is 1.74. The molecule has 0 spiro atoms. The molecule has 1 N–H and O–H groups in total. The fourth-order valence-corrected chi connectivity index (χ4v) is 3.16. The van der Waals surface area contributed by atoms with Gasteiger partial charge in [0.05, 0.1) is 10.7 Å². The van der Waals surface area contributed by atoms with E-state index in [0.29, 0.717) is 11.1 Å². The maximum Gasteiger partial charge on any atom is 0.138 e. The van der Waals surface area contributed by atoms with Gasteiger partial charge in [0.1, 0.15) is 18.3 Å². The van der Waals surface area contributed by atoms with Crippen LogP contribution in [0.25, 0.3) is 5.69 Å². The lowest BCUT2D eigenvalue weighted by Gasteiger charge is -2.21. The highest BCUT2D eigenvalue weighted by Crippen LogP contribution is 2.46. The number of rotatable bonds is 5. The zero-order chi connectivity index (χ0) is 13.5. The van der Waals surface area contributed by atoms with Gasteiger partial charge >= 0.3 is 0 Å². The smallest absolute Gasteiger partial charge is 0.138 e. The molecule has 1 aromatic carbocycles. The van der Waals surface area contributed by atoms with Crippen molar-refractivity contribution in [2.24, 2.45) is 11.8 Å². The SMILES string of the molecule is Clc1cccc(NC(C2CC2)C2CC2)c1-n1cncn1. The number of para-hydroxylation sites is 1. The quantitative estimate of drug-likeness (QED) is 0.915. The number of anilines is 1. The molecule has 5 heteroatoms. The summed E-state index contributed by atoms with van der Waals surface area (Å²) in [6, 6.07) is 6.56. The molecule has 0 atom stereocenters. The molecule has 2 fully saturated rings. The third kappa shape index (κ3) is 2.29. The van der Waals surface area contributed by atoms with Crippen LogP contribution in [0.15, 0.2) is 30.9 Å². The summed E-state index contributed by atoms with van der Waals surface area (Å²) in [6.07, 6.45) is 8.64. The number of hydrogen-bond donors (Lipinski definition) is 1. The topological polar surface area (TPSA) is 42.7 Å². The van der Waals surface area contributed by atoms with Gasteiger partial charge < -0.3 is 5.32 Å². The van der Waals surface area contributed by atoms with E-state index in [-0.39, 0.29) is 0 Å². The molecule has 0 saturated heterocycles. The Morgan fingerprint density at radius 3 is 2.55 bits per heavy atom. The Hall–Kier alpha value is -1.55. The standard InChI is InChI=1S/C15H17ClN4/c16-12-2-1-3-13(15(12)20-9-17-8-18-20)19-14(10-4-5-10)11-6-7-11/h1-3,8-11,14,19H,4-7H2. The van der Waals surface area contributed by atoms with Crippen LogP contribution in [-0.4, -0.2) is 20.8 Å². The van der Waals surface area contributed by atoms with Crippen LogP contribution in [-0.2, 0) is 0 Å². The van der Waals surface area contributed by atoms with E-state index in [0.717, 1.165) is 23.2 Å². The van der Waals surface area contributed by atoms with Crippen LogP contribution in [0.3, 0.4) is 0 Å². The van der Waals surface area contributed by atoms with Crippen molar-refractivity contribution in [3.05, 3.63) is 35.9 Å². The van der Waals surface area contributed by atoms with E-state index in [4.69, 9.17) is 11.6 Å². The Labute approximate surface area is 123 Å². The summed E-state index contributed by atoms with van der Waals surface area (Å²) in [4.78, 5) is 4.02. The van der Waals surface area contributed by atoms with Gasteiger partial charge in [-0.05, 0) is 49.7 Å². The summed E-state index contributed by atoms with van der Waals surface area (Å²) in [5.41, 5.74) is 1.96. The van der Waals surface area contributed by atoms with Crippen LogP contribution in [0.1, 0.15) is 25.7 Å². The van der Waals surface area contributed by atoms with Gasteiger partial charge in [-0.15, -0.1) is 0 Å². The fourth-order valence-electron chi connectivity index (χ4n) is 2.90. The van der Waals surface area contributed by atoms with Crippen LogP contribution in [0.5, 0.6) is 0 Å². The summed E-state index contributed by atoms with van der Waals surface area (Å²) >= 11 is 6.37. The molecule has 1 aromatic heterocycles. The Morgan fingerprint density at radius 2 is 1.95 bits per heavy atom. The summed E-state index contributed by atoms with van der Waals surface area (Å²) in [5, 5.41) is 8.64. The molecule has 104 valence electrons. The predicted molar refractivity (Wildman–Crippen MR) is 79.2 cm³/mol. The van der Waals surface area contributed by atoms with Crippen molar-refractivity contribution in [3.63, 3.8) is 0 Å². The Morgan fingerprint density at radius 1 is 1.20 bits per heavy atom. The van der Waals surface area contributed by atoms with E-state index in [2.05, 4.69) is 21.5 Å². The number of nitrogens with one attached hydrogen (secondary N) is 1. The Balaban J connectivity index is 1.68. The van der Waals surface area contributed by atoms with Gasteiger partial charge in [0, 0.05) is 6.04 Å². The van der Waals surface area contributed by atoms with E-state index in [1.807, 2.05) is 12.1 Å². The van der Waals surface area contributed by atoms with E-state index < -0.39 is 0 Å².